The Morgan fingerprint density at radius 2 is 1.79 bits per heavy atom. The molecule has 0 bridgehead atoms. The summed E-state index contributed by atoms with van der Waals surface area (Å²) in [5.41, 5.74) is 0.771. The number of hydrogen-bond donors (Lipinski definition) is 1. The molecule has 2 heterocycles. The molecule has 0 saturated heterocycles. The van der Waals surface area contributed by atoms with Gasteiger partial charge in [-0.2, -0.15) is 5.10 Å². The molecular formula is C21H20F2N4O2. The van der Waals surface area contributed by atoms with E-state index in [4.69, 9.17) is 0 Å². The lowest BCUT2D eigenvalue weighted by Crippen LogP contribution is -2.44. The Hall–Kier alpha value is -3.42. The van der Waals surface area contributed by atoms with Crippen molar-refractivity contribution < 1.29 is 13.6 Å². The summed E-state index contributed by atoms with van der Waals surface area (Å²) in [7, 11) is 0. The van der Waals surface area contributed by atoms with Gasteiger partial charge in [-0.3, -0.25) is 14.6 Å². The number of amides is 1. The van der Waals surface area contributed by atoms with Gasteiger partial charge in [-0.25, -0.2) is 13.5 Å². The van der Waals surface area contributed by atoms with E-state index in [-0.39, 0.29) is 30.0 Å². The summed E-state index contributed by atoms with van der Waals surface area (Å²) in [6.07, 6.45) is 3.05. The van der Waals surface area contributed by atoms with Crippen LogP contribution in [0.4, 0.5) is 8.78 Å². The maximum Gasteiger partial charge on any atom is 0.266 e. The lowest BCUT2D eigenvalue weighted by atomic mass is 10.0. The molecule has 3 rings (SSSR count). The fraction of sp³-hybridized carbons (Fsp3) is 0.238. The van der Waals surface area contributed by atoms with Gasteiger partial charge in [-0.05, 0) is 42.3 Å². The molecule has 2 aromatic heterocycles. The molecule has 150 valence electrons. The quantitative estimate of drug-likeness (QED) is 0.692. The number of pyridine rings is 1. The van der Waals surface area contributed by atoms with Crippen LogP contribution in [0, 0.1) is 17.6 Å². The van der Waals surface area contributed by atoms with E-state index in [2.05, 4.69) is 15.4 Å². The molecule has 0 radical (unpaired) electrons. The maximum atomic E-state index is 13.5. The summed E-state index contributed by atoms with van der Waals surface area (Å²) in [6, 6.07) is 9.01. The summed E-state index contributed by atoms with van der Waals surface area (Å²) in [5.74, 6) is -2.22. The van der Waals surface area contributed by atoms with Gasteiger partial charge in [0, 0.05) is 29.6 Å². The number of benzene rings is 1. The minimum Gasteiger partial charge on any atom is -0.347 e. The van der Waals surface area contributed by atoms with Crippen LogP contribution in [0.25, 0.3) is 11.3 Å². The normalized spacial score (nSPS) is 12.0. The van der Waals surface area contributed by atoms with E-state index in [1.54, 1.807) is 12.1 Å². The van der Waals surface area contributed by atoms with Crippen LogP contribution in [0.15, 0.2) is 59.7 Å². The number of rotatable bonds is 6. The highest BCUT2D eigenvalue weighted by Gasteiger charge is 2.19. The molecule has 8 heteroatoms. The van der Waals surface area contributed by atoms with E-state index in [0.29, 0.717) is 16.8 Å². The minimum absolute atomic E-state index is 0.0152. The SMILES string of the molecule is CC(C)[C@@H](Cn1nc(-c2ccc(F)c(F)c2)ccc1=O)NC(=O)c1ccncc1. The van der Waals surface area contributed by atoms with Crippen molar-refractivity contribution >= 4 is 5.91 Å². The average Bonchev–Trinajstić information content (AvgIpc) is 2.71. The molecule has 1 amide bonds. The molecule has 1 aromatic carbocycles. The Morgan fingerprint density at radius 1 is 1.07 bits per heavy atom. The predicted molar refractivity (Wildman–Crippen MR) is 104 cm³/mol. The molecule has 6 nitrogen and oxygen atoms in total. The first-order valence-electron chi connectivity index (χ1n) is 9.09. The number of aromatic nitrogens is 3. The van der Waals surface area contributed by atoms with Gasteiger partial charge in [0.05, 0.1) is 18.3 Å². The third kappa shape index (κ3) is 4.90. The molecule has 3 aromatic rings. The van der Waals surface area contributed by atoms with E-state index in [1.807, 2.05) is 13.8 Å². The Kier molecular flexibility index (Phi) is 6.11. The lowest BCUT2D eigenvalue weighted by Gasteiger charge is -2.23. The number of nitrogens with one attached hydrogen (secondary N) is 1. The van der Waals surface area contributed by atoms with E-state index in [0.717, 1.165) is 12.1 Å². The second-order valence-corrected chi connectivity index (χ2v) is 6.93. The highest BCUT2D eigenvalue weighted by atomic mass is 19.2. The number of nitrogens with zero attached hydrogens (tertiary/aromatic N) is 3. The van der Waals surface area contributed by atoms with E-state index in [9.17, 15) is 18.4 Å². The molecule has 0 aliphatic heterocycles. The van der Waals surface area contributed by atoms with Gasteiger partial charge in [0.2, 0.25) is 0 Å². The number of hydrogen-bond acceptors (Lipinski definition) is 4. The van der Waals surface area contributed by atoms with Crippen LogP contribution >= 0.6 is 0 Å². The monoisotopic (exact) mass is 398 g/mol. The van der Waals surface area contributed by atoms with Crippen LogP contribution in [0.2, 0.25) is 0 Å². The lowest BCUT2D eigenvalue weighted by molar-refractivity contribution is 0.0918. The van der Waals surface area contributed by atoms with Gasteiger partial charge < -0.3 is 5.32 Å². The van der Waals surface area contributed by atoms with Crippen molar-refractivity contribution in [2.75, 3.05) is 0 Å². The summed E-state index contributed by atoms with van der Waals surface area (Å²) in [6.45, 7) is 3.97. The number of carbonyl (C=O) groups excluding carboxylic acids is 1. The van der Waals surface area contributed by atoms with Crippen molar-refractivity contribution in [3.8, 4) is 11.3 Å². The van der Waals surface area contributed by atoms with Gasteiger partial charge >= 0.3 is 0 Å². The third-order valence-corrected chi connectivity index (χ3v) is 4.52. The first-order valence-corrected chi connectivity index (χ1v) is 9.09. The van der Waals surface area contributed by atoms with Crippen molar-refractivity contribution in [3.05, 3.63) is 82.4 Å². The van der Waals surface area contributed by atoms with Crippen LogP contribution in [0.3, 0.4) is 0 Å². The van der Waals surface area contributed by atoms with Crippen molar-refractivity contribution in [2.24, 2.45) is 5.92 Å². The first kappa shape index (κ1) is 20.3. The molecular weight excluding hydrogens is 378 g/mol. The molecule has 0 fully saturated rings. The van der Waals surface area contributed by atoms with Crippen LogP contribution in [0.1, 0.15) is 24.2 Å². The summed E-state index contributed by atoms with van der Waals surface area (Å²) < 4.78 is 27.9. The molecule has 0 aliphatic rings. The van der Waals surface area contributed by atoms with Crippen molar-refractivity contribution in [1.82, 2.24) is 20.1 Å². The Labute approximate surface area is 166 Å². The molecule has 1 N–H and O–H groups in total. The van der Waals surface area contributed by atoms with Crippen LogP contribution < -0.4 is 10.9 Å². The zero-order valence-electron chi connectivity index (χ0n) is 16.0. The zero-order valence-corrected chi connectivity index (χ0v) is 16.0. The topological polar surface area (TPSA) is 76.9 Å². The van der Waals surface area contributed by atoms with Gasteiger partial charge in [0.25, 0.3) is 11.5 Å². The summed E-state index contributed by atoms with van der Waals surface area (Å²) >= 11 is 0. The highest BCUT2D eigenvalue weighted by Crippen LogP contribution is 2.18. The molecule has 0 saturated carbocycles. The zero-order chi connectivity index (χ0) is 21.0. The van der Waals surface area contributed by atoms with Gasteiger partial charge in [-0.1, -0.05) is 13.8 Å². The fourth-order valence-electron chi connectivity index (χ4n) is 2.75. The van der Waals surface area contributed by atoms with Gasteiger partial charge in [0.1, 0.15) is 0 Å². The van der Waals surface area contributed by atoms with Crippen molar-refractivity contribution in [3.63, 3.8) is 0 Å². The first-order chi connectivity index (χ1) is 13.8. The fourth-order valence-corrected chi connectivity index (χ4v) is 2.75. The molecule has 0 aliphatic carbocycles. The molecule has 0 spiro atoms. The Morgan fingerprint density at radius 3 is 2.45 bits per heavy atom. The Bertz CT molecular complexity index is 1070. The maximum absolute atomic E-state index is 13.5. The minimum atomic E-state index is -0.994. The number of carbonyl (C=O) groups is 1. The van der Waals surface area contributed by atoms with E-state index >= 15 is 0 Å². The van der Waals surface area contributed by atoms with E-state index < -0.39 is 11.6 Å². The average molecular weight is 398 g/mol. The molecule has 1 atom stereocenters. The number of halogens is 2. The molecule has 0 unspecified atom stereocenters. The van der Waals surface area contributed by atoms with Crippen LogP contribution in [0.5, 0.6) is 0 Å². The summed E-state index contributed by atoms with van der Waals surface area (Å²) in [5, 5.41) is 7.18. The largest absolute Gasteiger partial charge is 0.347 e. The smallest absolute Gasteiger partial charge is 0.266 e. The highest BCUT2D eigenvalue weighted by molar-refractivity contribution is 5.94. The Balaban J connectivity index is 1.85. The summed E-state index contributed by atoms with van der Waals surface area (Å²) in [4.78, 5) is 28.6. The second kappa shape index (κ2) is 8.72. The van der Waals surface area contributed by atoms with Crippen molar-refractivity contribution in [2.45, 2.75) is 26.4 Å². The second-order valence-electron chi connectivity index (χ2n) is 6.93. The van der Waals surface area contributed by atoms with Crippen LogP contribution in [-0.2, 0) is 6.54 Å². The van der Waals surface area contributed by atoms with Gasteiger partial charge in [0.15, 0.2) is 11.6 Å². The van der Waals surface area contributed by atoms with Gasteiger partial charge in [-0.15, -0.1) is 0 Å². The predicted octanol–water partition coefficient (Wildman–Crippen LogP) is 3.04. The van der Waals surface area contributed by atoms with Crippen LogP contribution in [-0.4, -0.2) is 26.7 Å². The standard InChI is InChI=1S/C21H20F2N4O2/c1-13(2)19(25-21(29)14-7-9-24-10-8-14)12-27-20(28)6-5-18(26-27)15-3-4-16(22)17(23)11-15/h3-11,13,19H,12H2,1-2H3,(H,25,29)/t19-/m1/s1. The van der Waals surface area contributed by atoms with E-state index in [1.165, 1.54) is 35.3 Å². The third-order valence-electron chi connectivity index (χ3n) is 4.52. The molecule has 29 heavy (non-hydrogen) atoms. The van der Waals surface area contributed by atoms with Crippen molar-refractivity contribution in [1.29, 1.82) is 0 Å².